The van der Waals surface area contributed by atoms with Crippen molar-refractivity contribution in [3.8, 4) is 0 Å². The first-order valence-corrected chi connectivity index (χ1v) is 8.01. The summed E-state index contributed by atoms with van der Waals surface area (Å²) in [6, 6.07) is 4.92. The van der Waals surface area contributed by atoms with Gasteiger partial charge in [-0.1, -0.05) is 0 Å². The topological polar surface area (TPSA) is 125 Å². The summed E-state index contributed by atoms with van der Waals surface area (Å²) in [5.41, 5.74) is -1.18. The number of nitro benzene ring substituents is 1. The molecule has 0 spiro atoms. The van der Waals surface area contributed by atoms with Gasteiger partial charge in [0.05, 0.1) is 28.9 Å². The van der Waals surface area contributed by atoms with Gasteiger partial charge in [0.2, 0.25) is 0 Å². The van der Waals surface area contributed by atoms with Crippen LogP contribution < -0.4 is 0 Å². The minimum absolute atomic E-state index is 0.0950. The van der Waals surface area contributed by atoms with E-state index in [9.17, 15) is 24.8 Å². The van der Waals surface area contributed by atoms with E-state index in [1.165, 1.54) is 37.5 Å². The van der Waals surface area contributed by atoms with Gasteiger partial charge < -0.3 is 19.3 Å². The van der Waals surface area contributed by atoms with Crippen LogP contribution in [-0.4, -0.2) is 46.4 Å². The molecule has 4 rings (SSSR count). The molecule has 1 aromatic carbocycles. The van der Waals surface area contributed by atoms with E-state index in [2.05, 4.69) is 0 Å². The number of non-ortho nitro benzene ring substituents is 1. The summed E-state index contributed by atoms with van der Waals surface area (Å²) >= 11 is 0. The molecular formula is C17H15NO8. The molecule has 2 heterocycles. The molecule has 1 saturated carbocycles. The maximum absolute atomic E-state index is 12.4. The Morgan fingerprint density at radius 3 is 2.73 bits per heavy atom. The van der Waals surface area contributed by atoms with Crippen LogP contribution in [0, 0.1) is 22.0 Å². The molecule has 2 fully saturated rings. The van der Waals surface area contributed by atoms with Crippen LogP contribution in [0.15, 0.2) is 36.1 Å². The van der Waals surface area contributed by atoms with Crippen LogP contribution in [0.25, 0.3) is 0 Å². The Kier molecular flexibility index (Phi) is 3.52. The fourth-order valence-electron chi connectivity index (χ4n) is 3.91. The fourth-order valence-corrected chi connectivity index (χ4v) is 3.91. The van der Waals surface area contributed by atoms with E-state index < -0.39 is 46.5 Å². The van der Waals surface area contributed by atoms with Crippen LogP contribution in [-0.2, 0) is 19.0 Å². The third-order valence-electron chi connectivity index (χ3n) is 5.28. The monoisotopic (exact) mass is 361 g/mol. The Morgan fingerprint density at radius 2 is 2.08 bits per heavy atom. The van der Waals surface area contributed by atoms with E-state index in [1.807, 2.05) is 0 Å². The van der Waals surface area contributed by atoms with Crippen LogP contribution in [0.1, 0.15) is 17.3 Å². The molecule has 0 bridgehead atoms. The molecule has 26 heavy (non-hydrogen) atoms. The van der Waals surface area contributed by atoms with Gasteiger partial charge >= 0.3 is 11.9 Å². The quantitative estimate of drug-likeness (QED) is 0.479. The maximum atomic E-state index is 12.4. The van der Waals surface area contributed by atoms with Crippen molar-refractivity contribution in [3.05, 3.63) is 51.8 Å². The van der Waals surface area contributed by atoms with E-state index in [-0.39, 0.29) is 17.9 Å². The minimum atomic E-state index is -1.45. The highest BCUT2D eigenvalue weighted by molar-refractivity contribution is 5.92. The molecular weight excluding hydrogens is 346 g/mol. The molecule has 9 nitrogen and oxygen atoms in total. The van der Waals surface area contributed by atoms with Crippen LogP contribution in [0.2, 0.25) is 0 Å². The highest BCUT2D eigenvalue weighted by Gasteiger charge is 2.67. The Labute approximate surface area is 147 Å². The predicted molar refractivity (Wildman–Crippen MR) is 83.8 cm³/mol. The summed E-state index contributed by atoms with van der Waals surface area (Å²) < 4.78 is 16.1. The first kappa shape index (κ1) is 16.5. The Bertz CT molecular complexity index is 828. The highest BCUT2D eigenvalue weighted by atomic mass is 16.6. The maximum Gasteiger partial charge on any atom is 0.338 e. The van der Waals surface area contributed by atoms with E-state index in [0.717, 1.165) is 0 Å². The van der Waals surface area contributed by atoms with Gasteiger partial charge in [-0.25, -0.2) is 9.59 Å². The van der Waals surface area contributed by atoms with Gasteiger partial charge in [0.15, 0.2) is 6.10 Å². The van der Waals surface area contributed by atoms with Crippen LogP contribution in [0.5, 0.6) is 0 Å². The predicted octanol–water partition coefficient (Wildman–Crippen LogP) is 0.957. The summed E-state index contributed by atoms with van der Waals surface area (Å²) in [6.45, 7) is 1.70. The summed E-state index contributed by atoms with van der Waals surface area (Å²) in [6.07, 6.45) is -0.531. The van der Waals surface area contributed by atoms with Gasteiger partial charge in [-0.05, 0) is 19.1 Å². The lowest BCUT2D eigenvalue weighted by Crippen LogP contribution is -2.48. The Morgan fingerprint density at radius 1 is 1.38 bits per heavy atom. The van der Waals surface area contributed by atoms with Crippen molar-refractivity contribution < 1.29 is 33.8 Å². The van der Waals surface area contributed by atoms with Gasteiger partial charge in [-0.15, -0.1) is 0 Å². The zero-order valence-corrected chi connectivity index (χ0v) is 13.7. The van der Waals surface area contributed by atoms with Crippen molar-refractivity contribution in [1.29, 1.82) is 0 Å². The third kappa shape index (κ3) is 2.27. The molecule has 0 aromatic heterocycles. The number of carbonyl (C=O) groups is 2. The average molecular weight is 361 g/mol. The van der Waals surface area contributed by atoms with Crippen molar-refractivity contribution in [3.63, 3.8) is 0 Å². The number of ether oxygens (including phenoxy) is 3. The second kappa shape index (κ2) is 5.53. The first-order chi connectivity index (χ1) is 12.3. The van der Waals surface area contributed by atoms with E-state index in [1.54, 1.807) is 0 Å². The molecule has 1 saturated heterocycles. The highest BCUT2D eigenvalue weighted by Crippen LogP contribution is 2.52. The number of hydrogen-bond donors (Lipinski definition) is 1. The summed E-state index contributed by atoms with van der Waals surface area (Å²) in [5, 5.41) is 21.6. The molecule has 0 amide bonds. The van der Waals surface area contributed by atoms with E-state index in [4.69, 9.17) is 14.2 Å². The SMILES string of the molecule is C[C@@]1(O)[C@H]2COC=C3C(=O)O[C@@H]([C@H]32)[C@@H]1OC(=O)c1ccc([N+](=O)[O-])cc1. The zero-order valence-electron chi connectivity index (χ0n) is 13.7. The summed E-state index contributed by atoms with van der Waals surface area (Å²) in [7, 11) is 0. The van der Waals surface area contributed by atoms with E-state index in [0.29, 0.717) is 5.57 Å². The smallest absolute Gasteiger partial charge is 0.338 e. The number of hydrogen-bond acceptors (Lipinski definition) is 8. The molecule has 1 aromatic rings. The van der Waals surface area contributed by atoms with Crippen LogP contribution in [0.4, 0.5) is 5.69 Å². The van der Waals surface area contributed by atoms with Gasteiger partial charge in [0, 0.05) is 24.0 Å². The average Bonchev–Trinajstić information content (AvgIpc) is 3.05. The molecule has 136 valence electrons. The van der Waals surface area contributed by atoms with Crippen molar-refractivity contribution in [2.75, 3.05) is 6.61 Å². The lowest BCUT2D eigenvalue weighted by atomic mass is 9.83. The first-order valence-electron chi connectivity index (χ1n) is 8.01. The molecule has 0 unspecified atom stereocenters. The number of esters is 2. The van der Waals surface area contributed by atoms with Gasteiger partial charge in [-0.3, -0.25) is 10.1 Å². The third-order valence-corrected chi connectivity index (χ3v) is 5.28. The fraction of sp³-hybridized carbons (Fsp3) is 0.412. The molecule has 5 atom stereocenters. The van der Waals surface area contributed by atoms with Crippen LogP contribution >= 0.6 is 0 Å². The lowest BCUT2D eigenvalue weighted by Gasteiger charge is -2.33. The molecule has 2 aliphatic heterocycles. The molecule has 1 aliphatic carbocycles. The van der Waals surface area contributed by atoms with Crippen molar-refractivity contribution >= 4 is 17.6 Å². The largest absolute Gasteiger partial charge is 0.500 e. The second-order valence-corrected chi connectivity index (χ2v) is 6.76. The summed E-state index contributed by atoms with van der Waals surface area (Å²) in [5.74, 6) is -2.16. The number of rotatable bonds is 3. The van der Waals surface area contributed by atoms with Gasteiger partial charge in [0.1, 0.15) is 11.7 Å². The molecule has 3 aliphatic rings. The second-order valence-electron chi connectivity index (χ2n) is 6.76. The van der Waals surface area contributed by atoms with E-state index >= 15 is 0 Å². The van der Waals surface area contributed by atoms with Crippen molar-refractivity contribution in [1.82, 2.24) is 0 Å². The standard InChI is InChI=1S/C17H15NO8/c1-17(21)11-7-24-6-10-12(11)13(25-16(10)20)14(17)26-15(19)8-2-4-9(5-3-8)18(22)23/h2-6,11-14,21H,7H2,1H3/t11-,12+,13-,14-,17+/m0/s1. The molecule has 9 heteroatoms. The normalized spacial score (nSPS) is 34.4. The Balaban J connectivity index is 1.59. The Hall–Kier alpha value is -2.94. The van der Waals surface area contributed by atoms with Gasteiger partial charge in [-0.2, -0.15) is 0 Å². The number of aliphatic hydroxyl groups is 1. The molecule has 0 radical (unpaired) electrons. The van der Waals surface area contributed by atoms with Crippen molar-refractivity contribution in [2.24, 2.45) is 11.8 Å². The molecule has 1 N–H and O–H groups in total. The van der Waals surface area contributed by atoms with Gasteiger partial charge in [0.25, 0.3) is 5.69 Å². The lowest BCUT2D eigenvalue weighted by molar-refractivity contribution is -0.384. The van der Waals surface area contributed by atoms with Crippen LogP contribution in [0.3, 0.4) is 0 Å². The minimum Gasteiger partial charge on any atom is -0.500 e. The number of nitro groups is 1. The summed E-state index contributed by atoms with van der Waals surface area (Å²) in [4.78, 5) is 34.5. The number of benzene rings is 1. The van der Waals surface area contributed by atoms with Crippen molar-refractivity contribution in [2.45, 2.75) is 24.7 Å². The zero-order chi connectivity index (χ0) is 18.6. The number of carbonyl (C=O) groups excluding carboxylic acids is 2. The number of nitrogens with zero attached hydrogens (tertiary/aromatic N) is 1.